The first-order valence-electron chi connectivity index (χ1n) is 3.84. The van der Waals surface area contributed by atoms with E-state index in [1.165, 1.54) is 0 Å². The Morgan fingerprint density at radius 2 is 2.31 bits per heavy atom. The fourth-order valence-electron chi connectivity index (χ4n) is 0.903. The molecule has 0 bridgehead atoms. The number of hydrogen-bond donors (Lipinski definition) is 2. The third-order valence-corrected chi connectivity index (χ3v) is 1.76. The highest BCUT2D eigenvalue weighted by atomic mass is 35.5. The predicted molar refractivity (Wildman–Crippen MR) is 52.0 cm³/mol. The first-order chi connectivity index (χ1) is 6.22. The van der Waals surface area contributed by atoms with E-state index in [4.69, 9.17) is 17.0 Å². The minimum Gasteiger partial charge on any atom is -0.368 e. The summed E-state index contributed by atoms with van der Waals surface area (Å²) in [5, 5.41) is 10.3. The van der Waals surface area contributed by atoms with Crippen molar-refractivity contribution in [2.24, 2.45) is 0 Å². The highest BCUT2D eigenvalue weighted by Crippen LogP contribution is 2.09. The number of benzene rings is 1. The van der Waals surface area contributed by atoms with E-state index in [-0.39, 0.29) is 5.84 Å². The zero-order valence-corrected chi connectivity index (χ0v) is 7.74. The molecule has 0 radical (unpaired) electrons. The van der Waals surface area contributed by atoms with Crippen molar-refractivity contribution in [3.63, 3.8) is 0 Å². The van der Waals surface area contributed by atoms with E-state index in [2.05, 4.69) is 5.32 Å². The van der Waals surface area contributed by atoms with Crippen LogP contribution in [0.25, 0.3) is 0 Å². The molecule has 0 aliphatic rings. The van der Waals surface area contributed by atoms with E-state index >= 15 is 0 Å². The van der Waals surface area contributed by atoms with Crippen LogP contribution in [0.2, 0.25) is 5.02 Å². The Balaban J connectivity index is 2.50. The van der Waals surface area contributed by atoms with Gasteiger partial charge in [-0.15, -0.1) is 0 Å². The van der Waals surface area contributed by atoms with E-state index in [0.717, 1.165) is 5.56 Å². The molecule has 0 fully saturated rings. The second-order valence-electron chi connectivity index (χ2n) is 2.60. The van der Waals surface area contributed by atoms with Crippen molar-refractivity contribution in [2.45, 2.75) is 6.54 Å². The van der Waals surface area contributed by atoms with Gasteiger partial charge >= 0.3 is 0 Å². The molecule has 2 nitrogen and oxygen atoms in total. The van der Waals surface area contributed by atoms with Gasteiger partial charge in [-0.3, -0.25) is 5.41 Å². The topological polar surface area (TPSA) is 35.9 Å². The van der Waals surface area contributed by atoms with Gasteiger partial charge in [0.15, 0.2) is 0 Å². The summed E-state index contributed by atoms with van der Waals surface area (Å²) in [7, 11) is 0. The van der Waals surface area contributed by atoms with Crippen LogP contribution in [0.4, 0.5) is 4.39 Å². The third-order valence-electron chi connectivity index (χ3n) is 1.53. The average Bonchev–Trinajstić information content (AvgIpc) is 2.14. The van der Waals surface area contributed by atoms with Crippen molar-refractivity contribution in [1.29, 1.82) is 5.41 Å². The molecule has 0 unspecified atom stereocenters. The molecule has 1 aromatic carbocycles. The Kier molecular flexibility index (Phi) is 3.71. The van der Waals surface area contributed by atoms with Crippen molar-refractivity contribution in [3.8, 4) is 0 Å². The van der Waals surface area contributed by atoms with Gasteiger partial charge in [-0.2, -0.15) is 0 Å². The van der Waals surface area contributed by atoms with Crippen molar-refractivity contribution in [3.05, 3.63) is 34.9 Å². The Bertz CT molecular complexity index is 301. The summed E-state index contributed by atoms with van der Waals surface area (Å²) in [5.41, 5.74) is 0.936. The summed E-state index contributed by atoms with van der Waals surface area (Å²) >= 11 is 5.74. The Labute approximate surface area is 81.2 Å². The lowest BCUT2D eigenvalue weighted by molar-refractivity contribution is 0.567. The molecular weight excluding hydrogens is 191 g/mol. The summed E-state index contributed by atoms with van der Waals surface area (Å²) < 4.78 is 11.9. The number of amidine groups is 1. The van der Waals surface area contributed by atoms with E-state index in [1.807, 2.05) is 12.1 Å². The van der Waals surface area contributed by atoms with Crippen molar-refractivity contribution in [2.75, 3.05) is 6.67 Å². The van der Waals surface area contributed by atoms with Crippen LogP contribution in [0.3, 0.4) is 0 Å². The Hall–Kier alpha value is -1.09. The summed E-state index contributed by atoms with van der Waals surface area (Å²) in [6, 6.07) is 7.23. The molecule has 70 valence electrons. The SMILES string of the molecule is N=C(CF)NCc1cccc(Cl)c1. The molecule has 4 heteroatoms. The Morgan fingerprint density at radius 3 is 2.92 bits per heavy atom. The molecule has 1 aromatic rings. The molecule has 0 spiro atoms. The summed E-state index contributed by atoms with van der Waals surface area (Å²) in [4.78, 5) is 0. The van der Waals surface area contributed by atoms with Crippen LogP contribution < -0.4 is 5.32 Å². The molecule has 13 heavy (non-hydrogen) atoms. The van der Waals surface area contributed by atoms with Gasteiger partial charge in [-0.05, 0) is 17.7 Å². The van der Waals surface area contributed by atoms with Crippen LogP contribution in [0.15, 0.2) is 24.3 Å². The molecule has 1 rings (SSSR count). The van der Waals surface area contributed by atoms with Crippen LogP contribution in [0.5, 0.6) is 0 Å². The third kappa shape index (κ3) is 3.42. The highest BCUT2D eigenvalue weighted by Gasteiger charge is 1.96. The second-order valence-corrected chi connectivity index (χ2v) is 3.03. The molecular formula is C9H10ClFN2. The largest absolute Gasteiger partial charge is 0.368 e. The molecule has 0 heterocycles. The molecule has 2 N–H and O–H groups in total. The van der Waals surface area contributed by atoms with Gasteiger partial charge in [0.2, 0.25) is 0 Å². The van der Waals surface area contributed by atoms with Gasteiger partial charge in [-0.25, -0.2) is 4.39 Å². The smallest absolute Gasteiger partial charge is 0.146 e. The number of nitrogens with one attached hydrogen (secondary N) is 2. The van der Waals surface area contributed by atoms with E-state index < -0.39 is 6.67 Å². The standard InChI is InChI=1S/C9H10ClFN2/c10-8-3-1-2-7(4-8)6-13-9(12)5-11/h1-4H,5-6H2,(H2,12,13). The fourth-order valence-corrected chi connectivity index (χ4v) is 1.12. The van der Waals surface area contributed by atoms with Gasteiger partial charge in [0, 0.05) is 11.6 Å². The minimum atomic E-state index is -0.763. The van der Waals surface area contributed by atoms with Crippen molar-refractivity contribution in [1.82, 2.24) is 5.32 Å². The van der Waals surface area contributed by atoms with Crippen molar-refractivity contribution >= 4 is 17.4 Å². The van der Waals surface area contributed by atoms with Gasteiger partial charge in [0.1, 0.15) is 12.5 Å². The first kappa shape index (κ1) is 9.99. The highest BCUT2D eigenvalue weighted by molar-refractivity contribution is 6.30. The van der Waals surface area contributed by atoms with E-state index in [9.17, 15) is 4.39 Å². The monoisotopic (exact) mass is 200 g/mol. The van der Waals surface area contributed by atoms with Gasteiger partial charge < -0.3 is 5.32 Å². The first-order valence-corrected chi connectivity index (χ1v) is 4.22. The normalized spacial score (nSPS) is 9.69. The number of alkyl halides is 1. The van der Waals surface area contributed by atoms with Crippen LogP contribution in [-0.4, -0.2) is 12.5 Å². The summed E-state index contributed by atoms with van der Waals surface area (Å²) in [6.45, 7) is -0.329. The quantitative estimate of drug-likeness (QED) is 0.571. The fraction of sp³-hybridized carbons (Fsp3) is 0.222. The van der Waals surface area contributed by atoms with Crippen LogP contribution in [0, 0.1) is 5.41 Å². The molecule has 0 saturated carbocycles. The predicted octanol–water partition coefficient (Wildman–Crippen LogP) is 2.38. The zero-order valence-electron chi connectivity index (χ0n) is 6.98. The van der Waals surface area contributed by atoms with E-state index in [0.29, 0.717) is 11.6 Å². The summed E-state index contributed by atoms with van der Waals surface area (Å²) in [6.07, 6.45) is 0. The maximum absolute atomic E-state index is 11.9. The van der Waals surface area contributed by atoms with Crippen LogP contribution in [0.1, 0.15) is 5.56 Å². The van der Waals surface area contributed by atoms with Gasteiger partial charge in [-0.1, -0.05) is 23.7 Å². The molecule has 0 aliphatic heterocycles. The maximum Gasteiger partial charge on any atom is 0.146 e. The summed E-state index contributed by atoms with van der Waals surface area (Å²) in [5.74, 6) is -0.111. The van der Waals surface area contributed by atoms with Gasteiger partial charge in [0.25, 0.3) is 0 Å². The molecule has 0 aliphatic carbocycles. The maximum atomic E-state index is 11.9. The lowest BCUT2D eigenvalue weighted by Gasteiger charge is -2.04. The van der Waals surface area contributed by atoms with Crippen molar-refractivity contribution < 1.29 is 4.39 Å². The lowest BCUT2D eigenvalue weighted by Crippen LogP contribution is -2.23. The van der Waals surface area contributed by atoms with Gasteiger partial charge in [0.05, 0.1) is 0 Å². The van der Waals surface area contributed by atoms with Crippen LogP contribution in [-0.2, 0) is 6.54 Å². The average molecular weight is 201 g/mol. The Morgan fingerprint density at radius 1 is 1.54 bits per heavy atom. The number of halogens is 2. The molecule has 0 atom stereocenters. The molecule has 0 aromatic heterocycles. The molecule has 0 saturated heterocycles. The second kappa shape index (κ2) is 4.82. The number of rotatable bonds is 3. The van der Waals surface area contributed by atoms with E-state index in [1.54, 1.807) is 12.1 Å². The minimum absolute atomic E-state index is 0.111. The lowest BCUT2D eigenvalue weighted by atomic mass is 10.2. The number of hydrogen-bond acceptors (Lipinski definition) is 1. The zero-order chi connectivity index (χ0) is 9.68. The molecule has 0 amide bonds. The van der Waals surface area contributed by atoms with Crippen LogP contribution >= 0.6 is 11.6 Å².